The quantitative estimate of drug-likeness (QED) is 0.447. The van der Waals surface area contributed by atoms with Gasteiger partial charge in [0.25, 0.3) is 5.69 Å². The van der Waals surface area contributed by atoms with Gasteiger partial charge in [-0.2, -0.15) is 0 Å². The van der Waals surface area contributed by atoms with Gasteiger partial charge in [-0.15, -0.1) is 0 Å². The lowest BCUT2D eigenvalue weighted by Gasteiger charge is -2.15. The Kier molecular flexibility index (Phi) is 5.41. The molecule has 1 unspecified atom stereocenters. The Morgan fingerprint density at radius 2 is 2.10 bits per heavy atom. The molecule has 0 saturated heterocycles. The number of carboxylic acid groups (broad SMARTS) is 2. The topological polar surface area (TPSA) is 127 Å². The largest absolute Gasteiger partial charge is 0.479 e. The van der Waals surface area contributed by atoms with Crippen LogP contribution in [0.25, 0.3) is 6.08 Å². The van der Waals surface area contributed by atoms with Crippen LogP contribution in [0, 0.1) is 10.1 Å². The molecule has 0 aliphatic carbocycles. The Bertz CT molecular complexity index is 594. The summed E-state index contributed by atoms with van der Waals surface area (Å²) in [6.45, 7) is 1.61. The molecule has 0 bridgehead atoms. The lowest BCUT2D eigenvalue weighted by Crippen LogP contribution is -2.26. The van der Waals surface area contributed by atoms with Gasteiger partial charge in [-0.3, -0.25) is 10.1 Å². The van der Waals surface area contributed by atoms with E-state index in [1.165, 1.54) is 6.07 Å². The first-order valence-electron chi connectivity index (χ1n) is 5.94. The van der Waals surface area contributed by atoms with Gasteiger partial charge in [0.05, 0.1) is 4.92 Å². The third-order valence-electron chi connectivity index (χ3n) is 2.53. The van der Waals surface area contributed by atoms with Crippen LogP contribution in [0.1, 0.15) is 18.9 Å². The minimum atomic E-state index is -1.24. The van der Waals surface area contributed by atoms with Crippen molar-refractivity contribution in [3.05, 3.63) is 40.0 Å². The Morgan fingerprint density at radius 1 is 1.43 bits per heavy atom. The molecule has 0 aliphatic rings. The smallest absolute Gasteiger partial charge is 0.344 e. The van der Waals surface area contributed by atoms with Crippen LogP contribution in [0.3, 0.4) is 0 Å². The van der Waals surface area contributed by atoms with E-state index in [9.17, 15) is 19.7 Å². The highest BCUT2D eigenvalue weighted by molar-refractivity contribution is 5.86. The highest BCUT2D eigenvalue weighted by Gasteiger charge is 2.19. The zero-order valence-corrected chi connectivity index (χ0v) is 11.1. The molecular formula is C13H13NO7. The second-order valence-electron chi connectivity index (χ2n) is 4.00. The molecule has 1 rings (SSSR count). The number of nitro benzene ring substituents is 1. The number of aliphatic carboxylic acids is 2. The summed E-state index contributed by atoms with van der Waals surface area (Å²) < 4.78 is 5.26. The molecule has 1 aromatic rings. The zero-order valence-electron chi connectivity index (χ0n) is 11.1. The number of hydrogen-bond donors (Lipinski definition) is 2. The summed E-state index contributed by atoms with van der Waals surface area (Å²) in [5.41, 5.74) is -0.137. The second-order valence-corrected chi connectivity index (χ2v) is 4.00. The molecule has 1 aromatic carbocycles. The Labute approximate surface area is 119 Å². The van der Waals surface area contributed by atoms with E-state index in [-0.39, 0.29) is 23.4 Å². The molecule has 0 aliphatic heterocycles. The van der Waals surface area contributed by atoms with Crippen molar-refractivity contribution in [2.45, 2.75) is 19.4 Å². The third-order valence-corrected chi connectivity index (χ3v) is 2.53. The van der Waals surface area contributed by atoms with Gasteiger partial charge in [0.1, 0.15) is 5.75 Å². The zero-order chi connectivity index (χ0) is 16.0. The van der Waals surface area contributed by atoms with Gasteiger partial charge in [0.2, 0.25) is 0 Å². The predicted molar refractivity (Wildman–Crippen MR) is 72.1 cm³/mol. The van der Waals surface area contributed by atoms with Gasteiger partial charge in [-0.25, -0.2) is 9.59 Å². The summed E-state index contributed by atoms with van der Waals surface area (Å²) in [5, 5.41) is 28.3. The molecule has 0 radical (unpaired) electrons. The molecule has 2 N–H and O–H groups in total. The molecule has 8 nitrogen and oxygen atoms in total. The minimum absolute atomic E-state index is 0.0624. The third kappa shape index (κ3) is 4.60. The highest BCUT2D eigenvalue weighted by Crippen LogP contribution is 2.27. The standard InChI is InChI=1S/C13H13NO7/c1-2-10(13(17)18)21-11-5-4-9(14(19)20)7-8(11)3-6-12(15)16/h3-7,10H,2H2,1H3,(H,15,16)(H,17,18). The normalized spacial score (nSPS) is 12.0. The first-order valence-corrected chi connectivity index (χ1v) is 5.94. The van der Waals surface area contributed by atoms with Crippen molar-refractivity contribution in [2.75, 3.05) is 0 Å². The lowest BCUT2D eigenvalue weighted by molar-refractivity contribution is -0.384. The van der Waals surface area contributed by atoms with Crippen LogP contribution in [0.5, 0.6) is 5.75 Å². The molecule has 0 spiro atoms. The van der Waals surface area contributed by atoms with Crippen molar-refractivity contribution in [1.82, 2.24) is 0 Å². The van der Waals surface area contributed by atoms with Crippen LogP contribution >= 0.6 is 0 Å². The van der Waals surface area contributed by atoms with Crippen molar-refractivity contribution in [2.24, 2.45) is 0 Å². The van der Waals surface area contributed by atoms with Gasteiger partial charge in [0.15, 0.2) is 6.10 Å². The Balaban J connectivity index is 3.20. The number of carboxylic acids is 2. The SMILES string of the molecule is CCC(Oc1ccc([N+](=O)[O-])cc1C=CC(=O)O)C(=O)O. The summed E-state index contributed by atoms with van der Waals surface area (Å²) in [4.78, 5) is 31.6. The summed E-state index contributed by atoms with van der Waals surface area (Å²) in [5.74, 6) is -2.35. The van der Waals surface area contributed by atoms with Crippen molar-refractivity contribution >= 4 is 23.7 Å². The number of nitrogens with zero attached hydrogens (tertiary/aromatic N) is 1. The molecule has 0 heterocycles. The molecule has 0 fully saturated rings. The number of benzene rings is 1. The lowest BCUT2D eigenvalue weighted by atomic mass is 10.1. The molecule has 0 amide bonds. The number of non-ortho nitro benzene ring substituents is 1. The van der Waals surface area contributed by atoms with Crippen molar-refractivity contribution in [3.63, 3.8) is 0 Å². The number of nitro groups is 1. The number of hydrogen-bond acceptors (Lipinski definition) is 5. The molecule has 112 valence electrons. The van der Waals surface area contributed by atoms with Crippen molar-refractivity contribution in [3.8, 4) is 5.75 Å². The van der Waals surface area contributed by atoms with Crippen LogP contribution in [0.4, 0.5) is 5.69 Å². The highest BCUT2D eigenvalue weighted by atomic mass is 16.6. The molecule has 1 atom stereocenters. The fourth-order valence-electron chi connectivity index (χ4n) is 1.51. The maximum atomic E-state index is 10.9. The Hall–Kier alpha value is -2.90. The first kappa shape index (κ1) is 16.2. The van der Waals surface area contributed by atoms with Crippen LogP contribution in [0.15, 0.2) is 24.3 Å². The average Bonchev–Trinajstić information content (AvgIpc) is 2.42. The van der Waals surface area contributed by atoms with Crippen LogP contribution < -0.4 is 4.74 Å². The van der Waals surface area contributed by atoms with Crippen LogP contribution in [0.2, 0.25) is 0 Å². The number of ether oxygens (including phenoxy) is 1. The van der Waals surface area contributed by atoms with E-state index in [1.54, 1.807) is 6.92 Å². The summed E-state index contributed by atoms with van der Waals surface area (Å²) in [6.07, 6.45) is 0.963. The van der Waals surface area contributed by atoms with Crippen molar-refractivity contribution in [1.29, 1.82) is 0 Å². The van der Waals surface area contributed by atoms with Gasteiger partial charge < -0.3 is 14.9 Å². The fourth-order valence-corrected chi connectivity index (χ4v) is 1.51. The van der Waals surface area contributed by atoms with Gasteiger partial charge in [-0.1, -0.05) is 6.92 Å². The summed E-state index contributed by atoms with van der Waals surface area (Å²) >= 11 is 0. The molecule has 21 heavy (non-hydrogen) atoms. The van der Waals surface area contributed by atoms with E-state index >= 15 is 0 Å². The number of carbonyl (C=O) groups is 2. The summed E-state index contributed by atoms with van der Waals surface area (Å²) in [7, 11) is 0. The van der Waals surface area contributed by atoms with Gasteiger partial charge >= 0.3 is 11.9 Å². The molecular weight excluding hydrogens is 282 g/mol. The van der Waals surface area contributed by atoms with E-state index in [0.29, 0.717) is 0 Å². The van der Waals surface area contributed by atoms with E-state index in [4.69, 9.17) is 14.9 Å². The fraction of sp³-hybridized carbons (Fsp3) is 0.231. The minimum Gasteiger partial charge on any atom is -0.479 e. The van der Waals surface area contributed by atoms with E-state index in [0.717, 1.165) is 24.3 Å². The van der Waals surface area contributed by atoms with Gasteiger partial charge in [-0.05, 0) is 18.6 Å². The number of rotatable bonds is 7. The van der Waals surface area contributed by atoms with E-state index in [1.807, 2.05) is 0 Å². The van der Waals surface area contributed by atoms with E-state index < -0.39 is 23.0 Å². The van der Waals surface area contributed by atoms with E-state index in [2.05, 4.69) is 0 Å². The molecule has 0 saturated carbocycles. The van der Waals surface area contributed by atoms with Crippen LogP contribution in [-0.4, -0.2) is 33.2 Å². The first-order chi connectivity index (χ1) is 9.85. The second kappa shape index (κ2) is 7.04. The predicted octanol–water partition coefficient (Wildman–Crippen LogP) is 1.93. The van der Waals surface area contributed by atoms with Crippen molar-refractivity contribution < 1.29 is 29.5 Å². The Morgan fingerprint density at radius 3 is 2.57 bits per heavy atom. The molecule has 0 aromatic heterocycles. The average molecular weight is 295 g/mol. The molecule has 8 heteroatoms. The maximum absolute atomic E-state index is 10.9. The van der Waals surface area contributed by atoms with Crippen LogP contribution in [-0.2, 0) is 9.59 Å². The monoisotopic (exact) mass is 295 g/mol. The van der Waals surface area contributed by atoms with Gasteiger partial charge in [0, 0.05) is 23.8 Å². The summed E-state index contributed by atoms with van der Waals surface area (Å²) in [6, 6.07) is 3.51. The maximum Gasteiger partial charge on any atom is 0.344 e.